The predicted octanol–water partition coefficient (Wildman–Crippen LogP) is 6.42. The van der Waals surface area contributed by atoms with Crippen molar-refractivity contribution < 1.29 is 20.1 Å². The zero-order valence-electron chi connectivity index (χ0n) is 17.2. The highest BCUT2D eigenvalue weighted by molar-refractivity contribution is 6.01. The van der Waals surface area contributed by atoms with Gasteiger partial charge in [-0.25, -0.2) is 0 Å². The second-order valence-corrected chi connectivity index (χ2v) is 7.60. The third kappa shape index (κ3) is 8.06. The molecule has 1 aromatic rings. The minimum absolute atomic E-state index is 0.0653. The fourth-order valence-electron chi connectivity index (χ4n) is 3.19. The molecule has 0 spiro atoms. The largest absolute Gasteiger partial charge is 0.507 e. The van der Waals surface area contributed by atoms with Gasteiger partial charge in [-0.05, 0) is 26.7 Å². The maximum atomic E-state index is 12.5. The molecule has 0 unspecified atom stereocenters. The van der Waals surface area contributed by atoms with E-state index in [1.807, 2.05) is 19.9 Å². The molecule has 0 atom stereocenters. The first-order valence-electron chi connectivity index (χ1n) is 10.3. The first-order valence-corrected chi connectivity index (χ1v) is 10.3. The Balaban J connectivity index is 2.55. The lowest BCUT2D eigenvalue weighted by Crippen LogP contribution is -2.02. The van der Waals surface area contributed by atoms with Crippen LogP contribution in [0.15, 0.2) is 17.7 Å². The molecule has 0 aromatic heterocycles. The molecule has 0 radical (unpaired) electrons. The molecule has 0 saturated heterocycles. The molecule has 0 amide bonds. The Hall–Kier alpha value is -1.97. The third-order valence-electron chi connectivity index (χ3n) is 4.86. The minimum Gasteiger partial charge on any atom is -0.507 e. The summed E-state index contributed by atoms with van der Waals surface area (Å²) in [6.45, 7) is 6.06. The van der Waals surface area contributed by atoms with Gasteiger partial charge in [0.2, 0.25) is 0 Å². The average molecular weight is 377 g/mol. The Morgan fingerprint density at radius 3 is 2.00 bits per heavy atom. The van der Waals surface area contributed by atoms with Crippen molar-refractivity contribution >= 4 is 5.78 Å². The number of phenols is 3. The highest BCUT2D eigenvalue weighted by Gasteiger charge is 2.21. The SMILES string of the molecule is CCCCCCCCCCCC(=O)c1c(O)cc(O)c(CC=C(C)C)c1O. The minimum atomic E-state index is -0.355. The Bertz CT molecular complexity index is 628. The second kappa shape index (κ2) is 12.4. The molecule has 27 heavy (non-hydrogen) atoms. The van der Waals surface area contributed by atoms with E-state index in [-0.39, 0.29) is 34.2 Å². The molecular formula is C23H36O4. The molecule has 152 valence electrons. The smallest absolute Gasteiger partial charge is 0.170 e. The van der Waals surface area contributed by atoms with Crippen LogP contribution in [-0.4, -0.2) is 21.1 Å². The molecule has 0 saturated carbocycles. The van der Waals surface area contributed by atoms with E-state index in [2.05, 4.69) is 6.92 Å². The molecule has 0 heterocycles. The zero-order valence-corrected chi connectivity index (χ0v) is 17.2. The number of carbonyl (C=O) groups excluding carboxylic acids is 1. The summed E-state index contributed by atoms with van der Waals surface area (Å²) in [5, 5.41) is 30.4. The van der Waals surface area contributed by atoms with Crippen molar-refractivity contribution in [1.29, 1.82) is 0 Å². The van der Waals surface area contributed by atoms with Crippen LogP contribution in [0.1, 0.15) is 101 Å². The fraction of sp³-hybridized carbons (Fsp3) is 0.609. The summed E-state index contributed by atoms with van der Waals surface area (Å²) in [6, 6.07) is 1.15. The van der Waals surface area contributed by atoms with Gasteiger partial charge in [0.1, 0.15) is 22.8 Å². The number of carbonyl (C=O) groups is 1. The first kappa shape index (κ1) is 23.1. The van der Waals surface area contributed by atoms with Gasteiger partial charge < -0.3 is 15.3 Å². The molecular weight excluding hydrogens is 340 g/mol. The van der Waals surface area contributed by atoms with E-state index < -0.39 is 0 Å². The lowest BCUT2D eigenvalue weighted by atomic mass is 9.97. The van der Waals surface area contributed by atoms with E-state index in [4.69, 9.17) is 0 Å². The molecule has 0 fully saturated rings. The van der Waals surface area contributed by atoms with Gasteiger partial charge in [-0.15, -0.1) is 0 Å². The van der Waals surface area contributed by atoms with Gasteiger partial charge in [0.25, 0.3) is 0 Å². The molecule has 0 bridgehead atoms. The standard InChI is InChI=1S/C23H36O4/c1-4-5-6-7-8-9-10-11-12-13-19(24)22-21(26)16-20(25)18(23(22)27)15-14-17(2)3/h14,16,25-27H,4-13,15H2,1-3H3. The number of rotatable bonds is 13. The first-order chi connectivity index (χ1) is 12.9. The molecule has 1 rings (SSSR count). The summed E-state index contributed by atoms with van der Waals surface area (Å²) >= 11 is 0. The monoisotopic (exact) mass is 376 g/mol. The normalized spacial score (nSPS) is 10.8. The summed E-state index contributed by atoms with van der Waals surface area (Å²) in [7, 11) is 0. The van der Waals surface area contributed by atoms with Crippen molar-refractivity contribution in [3.8, 4) is 17.2 Å². The molecule has 4 nitrogen and oxygen atoms in total. The van der Waals surface area contributed by atoms with Gasteiger partial charge in [0, 0.05) is 18.1 Å². The van der Waals surface area contributed by atoms with Gasteiger partial charge in [-0.2, -0.15) is 0 Å². The van der Waals surface area contributed by atoms with Gasteiger partial charge >= 0.3 is 0 Å². The number of unbranched alkanes of at least 4 members (excludes halogenated alkanes) is 8. The fourth-order valence-corrected chi connectivity index (χ4v) is 3.19. The Labute approximate surface area is 163 Å². The number of allylic oxidation sites excluding steroid dienone is 2. The van der Waals surface area contributed by atoms with E-state index in [0.717, 1.165) is 30.9 Å². The van der Waals surface area contributed by atoms with Gasteiger partial charge in [-0.3, -0.25) is 4.79 Å². The van der Waals surface area contributed by atoms with Crippen molar-refractivity contribution in [3.05, 3.63) is 28.8 Å². The van der Waals surface area contributed by atoms with Crippen LogP contribution in [0, 0.1) is 0 Å². The number of hydrogen-bond donors (Lipinski definition) is 3. The van der Waals surface area contributed by atoms with Crippen molar-refractivity contribution in [1.82, 2.24) is 0 Å². The average Bonchev–Trinajstić information content (AvgIpc) is 2.59. The van der Waals surface area contributed by atoms with Gasteiger partial charge in [0.05, 0.1) is 0 Å². The van der Waals surface area contributed by atoms with Crippen LogP contribution in [0.5, 0.6) is 17.2 Å². The second-order valence-electron chi connectivity index (χ2n) is 7.60. The van der Waals surface area contributed by atoms with E-state index in [1.54, 1.807) is 0 Å². The highest BCUT2D eigenvalue weighted by Crippen LogP contribution is 2.38. The summed E-state index contributed by atoms with van der Waals surface area (Å²) in [6.07, 6.45) is 12.9. The van der Waals surface area contributed by atoms with E-state index in [0.29, 0.717) is 12.8 Å². The van der Waals surface area contributed by atoms with Crippen LogP contribution in [0.2, 0.25) is 0 Å². The van der Waals surface area contributed by atoms with Crippen LogP contribution in [0.25, 0.3) is 0 Å². The molecule has 1 aromatic carbocycles. The van der Waals surface area contributed by atoms with Crippen LogP contribution in [-0.2, 0) is 6.42 Å². The van der Waals surface area contributed by atoms with Crippen molar-refractivity contribution in [2.75, 3.05) is 0 Å². The van der Waals surface area contributed by atoms with E-state index >= 15 is 0 Å². The van der Waals surface area contributed by atoms with Crippen LogP contribution in [0.4, 0.5) is 0 Å². The number of benzene rings is 1. The maximum Gasteiger partial charge on any atom is 0.170 e. The Kier molecular flexibility index (Phi) is 10.6. The molecule has 4 heteroatoms. The summed E-state index contributed by atoms with van der Waals surface area (Å²) in [4.78, 5) is 12.5. The number of aromatic hydroxyl groups is 3. The summed E-state index contributed by atoms with van der Waals surface area (Å²) in [5.74, 6) is -1.12. The van der Waals surface area contributed by atoms with Crippen LogP contribution >= 0.6 is 0 Å². The Morgan fingerprint density at radius 2 is 1.44 bits per heavy atom. The van der Waals surface area contributed by atoms with Gasteiger partial charge in [-0.1, -0.05) is 69.9 Å². The van der Waals surface area contributed by atoms with Gasteiger partial charge in [0.15, 0.2) is 5.78 Å². The lowest BCUT2D eigenvalue weighted by Gasteiger charge is -2.12. The number of phenolic OH excluding ortho intramolecular Hbond substituents is 3. The third-order valence-corrected chi connectivity index (χ3v) is 4.86. The van der Waals surface area contributed by atoms with Crippen molar-refractivity contribution in [2.24, 2.45) is 0 Å². The maximum absolute atomic E-state index is 12.5. The van der Waals surface area contributed by atoms with Crippen LogP contribution < -0.4 is 0 Å². The lowest BCUT2D eigenvalue weighted by molar-refractivity contribution is 0.0973. The number of ketones is 1. The Morgan fingerprint density at radius 1 is 0.889 bits per heavy atom. The number of hydrogen-bond acceptors (Lipinski definition) is 4. The van der Waals surface area contributed by atoms with Crippen LogP contribution in [0.3, 0.4) is 0 Å². The number of Topliss-reactive ketones (excluding diaryl/α,β-unsaturated/α-hetero) is 1. The molecule has 3 N–H and O–H groups in total. The molecule has 0 aliphatic heterocycles. The highest BCUT2D eigenvalue weighted by atomic mass is 16.3. The summed E-state index contributed by atoms with van der Waals surface area (Å²) < 4.78 is 0. The van der Waals surface area contributed by atoms with E-state index in [9.17, 15) is 20.1 Å². The van der Waals surface area contributed by atoms with E-state index in [1.165, 1.54) is 38.5 Å². The summed E-state index contributed by atoms with van der Waals surface area (Å²) in [5.41, 5.74) is 1.26. The van der Waals surface area contributed by atoms with Crippen molar-refractivity contribution in [2.45, 2.75) is 91.4 Å². The molecule has 0 aliphatic carbocycles. The topological polar surface area (TPSA) is 77.8 Å². The predicted molar refractivity (Wildman–Crippen MR) is 111 cm³/mol. The van der Waals surface area contributed by atoms with Crippen molar-refractivity contribution in [3.63, 3.8) is 0 Å². The molecule has 0 aliphatic rings. The zero-order chi connectivity index (χ0) is 20.2. The quantitative estimate of drug-likeness (QED) is 0.211.